The molecule has 1 nitrogen and oxygen atoms in total. The molecule has 0 aromatic heterocycles. The van der Waals surface area contributed by atoms with Crippen LogP contribution in [-0.2, 0) is 0 Å². The Kier molecular flexibility index (Phi) is 2.12. The van der Waals surface area contributed by atoms with Gasteiger partial charge in [0.15, 0.2) is 0 Å². The summed E-state index contributed by atoms with van der Waals surface area (Å²) in [7, 11) is 0. The molecule has 0 bridgehead atoms. The molecule has 0 aliphatic carbocycles. The average Bonchev–Trinajstić information content (AvgIpc) is 1.85. The van der Waals surface area contributed by atoms with Crippen molar-refractivity contribution in [3.05, 3.63) is 0 Å². The minimum Gasteiger partial charge on any atom is -0.325 e. The first-order chi connectivity index (χ1) is 4.45. The average molecular weight is 130 g/mol. The summed E-state index contributed by atoms with van der Waals surface area (Å²) < 4.78 is 7.17. The molecular formula is C8H19N. The predicted octanol–water partition coefficient (Wildman–Crippen LogP) is 2.02. The van der Waals surface area contributed by atoms with Crippen LogP contribution >= 0.6 is 0 Å². The molecule has 0 radical (unpaired) electrons. The Hall–Kier alpha value is -0.0400. The van der Waals surface area contributed by atoms with Gasteiger partial charge in [-0.05, 0) is 18.8 Å². The normalized spacial score (nSPS) is 14.8. The number of rotatable bonds is 3. The Labute approximate surface area is 60.1 Å². The van der Waals surface area contributed by atoms with E-state index in [0.717, 1.165) is 0 Å². The van der Waals surface area contributed by atoms with Crippen molar-refractivity contribution in [3.63, 3.8) is 0 Å². The fourth-order valence-electron chi connectivity index (χ4n) is 0.667. The molecule has 0 aromatic carbocycles. The van der Waals surface area contributed by atoms with E-state index in [1.165, 1.54) is 0 Å². The van der Waals surface area contributed by atoms with Crippen molar-refractivity contribution < 1.29 is 1.41 Å². The fraction of sp³-hybridized carbons (Fsp3) is 1.00. The van der Waals surface area contributed by atoms with Gasteiger partial charge in [0.25, 0.3) is 0 Å². The van der Waals surface area contributed by atoms with Crippen LogP contribution in [0.3, 0.4) is 0 Å². The quantitative estimate of drug-likeness (QED) is 0.621. The van der Waals surface area contributed by atoms with E-state index < -0.39 is 0 Å². The van der Waals surface area contributed by atoms with Crippen LogP contribution in [-0.4, -0.2) is 5.54 Å². The fourth-order valence-corrected chi connectivity index (χ4v) is 0.667. The summed E-state index contributed by atoms with van der Waals surface area (Å²) in [6.45, 7) is 10.7. The second-order valence-corrected chi connectivity index (χ2v) is 3.59. The second kappa shape index (κ2) is 2.70. The van der Waals surface area contributed by atoms with Crippen molar-refractivity contribution in [2.75, 3.05) is 0 Å². The molecule has 0 spiro atoms. The number of hydrogen-bond donors (Lipinski definition) is 1. The molecule has 0 amide bonds. The lowest BCUT2D eigenvalue weighted by Gasteiger charge is -2.33. The largest absolute Gasteiger partial charge is 0.325 e. The zero-order valence-corrected chi connectivity index (χ0v) is 7.15. The lowest BCUT2D eigenvalue weighted by atomic mass is 9.80. The molecule has 0 aromatic rings. The first-order valence-electron chi connectivity index (χ1n) is 4.14. The molecule has 0 saturated heterocycles. The van der Waals surface area contributed by atoms with Crippen LogP contribution in [0.2, 0.25) is 1.41 Å². The Balaban J connectivity index is 4.23. The number of hydrogen-bond acceptors (Lipinski definition) is 1. The van der Waals surface area contributed by atoms with E-state index >= 15 is 0 Å². The van der Waals surface area contributed by atoms with Crippen molar-refractivity contribution >= 4 is 0 Å². The highest BCUT2D eigenvalue weighted by Gasteiger charge is 2.26. The summed E-state index contributed by atoms with van der Waals surface area (Å²) in [4.78, 5) is 0. The lowest BCUT2D eigenvalue weighted by molar-refractivity contribution is 0.250. The van der Waals surface area contributed by atoms with Crippen LogP contribution in [0.25, 0.3) is 0 Å². The highest BCUT2D eigenvalue weighted by Crippen LogP contribution is 2.21. The van der Waals surface area contributed by atoms with Gasteiger partial charge in [-0.1, -0.05) is 27.7 Å². The highest BCUT2D eigenvalue weighted by molar-refractivity contribution is 4.84. The summed E-state index contributed by atoms with van der Waals surface area (Å²) >= 11 is 0. The first kappa shape index (κ1) is 7.07. The topological polar surface area (TPSA) is 26.0 Å². The van der Waals surface area contributed by atoms with Gasteiger partial charge in [0.2, 0.25) is 0 Å². The molecular weight excluding hydrogens is 110 g/mol. The Morgan fingerprint density at radius 1 is 1.22 bits per heavy atom. The predicted molar refractivity (Wildman–Crippen MR) is 42.3 cm³/mol. The van der Waals surface area contributed by atoms with Gasteiger partial charge in [-0.2, -0.15) is 0 Å². The van der Waals surface area contributed by atoms with Crippen LogP contribution in [0.1, 0.15) is 34.6 Å². The van der Waals surface area contributed by atoms with Crippen LogP contribution < -0.4 is 5.73 Å². The third kappa shape index (κ3) is 1.98. The van der Waals surface area contributed by atoms with Crippen molar-refractivity contribution in [1.82, 2.24) is 0 Å². The summed E-state index contributed by atoms with van der Waals surface area (Å²) in [5.41, 5.74) is 2.59. The van der Waals surface area contributed by atoms with E-state index in [1.54, 1.807) is 0 Å². The van der Waals surface area contributed by atoms with Crippen LogP contribution in [0.5, 0.6) is 0 Å². The molecule has 56 valence electrons. The van der Waals surface area contributed by atoms with Crippen molar-refractivity contribution in [3.8, 4) is 0 Å². The van der Waals surface area contributed by atoms with Gasteiger partial charge in [0.05, 0.1) is 0 Å². The lowest BCUT2D eigenvalue weighted by Crippen LogP contribution is -2.46. The van der Waals surface area contributed by atoms with Gasteiger partial charge < -0.3 is 5.73 Å². The first-order valence-corrected chi connectivity index (χ1v) is 3.64. The van der Waals surface area contributed by atoms with E-state index in [1.807, 2.05) is 0 Å². The third-order valence-corrected chi connectivity index (χ3v) is 2.40. The van der Waals surface area contributed by atoms with Gasteiger partial charge in [-0.25, -0.2) is 0 Å². The zero-order chi connectivity index (χ0) is 8.36. The van der Waals surface area contributed by atoms with Crippen LogP contribution in [0.15, 0.2) is 0 Å². The van der Waals surface area contributed by atoms with E-state index in [2.05, 4.69) is 40.3 Å². The summed E-state index contributed by atoms with van der Waals surface area (Å²) in [6, 6.07) is 0. The van der Waals surface area contributed by atoms with Crippen LogP contribution in [0, 0.1) is 11.8 Å². The summed E-state index contributed by atoms with van der Waals surface area (Å²) in [6.07, 6.45) is 0. The van der Waals surface area contributed by atoms with E-state index in [9.17, 15) is 0 Å². The SMILES string of the molecule is [2H]NC(C)(C(C)C)C(C)C. The molecule has 0 unspecified atom stereocenters. The molecule has 0 atom stereocenters. The molecule has 1 heteroatoms. The molecule has 0 aliphatic heterocycles. The zero-order valence-electron chi connectivity index (χ0n) is 8.15. The monoisotopic (exact) mass is 130 g/mol. The van der Waals surface area contributed by atoms with E-state index in [0.29, 0.717) is 11.8 Å². The van der Waals surface area contributed by atoms with Gasteiger partial charge >= 0.3 is 0 Å². The molecule has 0 aliphatic rings. The molecule has 0 heterocycles. The van der Waals surface area contributed by atoms with E-state index in [4.69, 9.17) is 1.41 Å². The maximum atomic E-state index is 7.17. The van der Waals surface area contributed by atoms with Gasteiger partial charge in [0, 0.05) is 5.54 Å². The van der Waals surface area contributed by atoms with E-state index in [-0.39, 0.29) is 5.54 Å². The summed E-state index contributed by atoms with van der Waals surface area (Å²) in [5.74, 6) is 1.01. The summed E-state index contributed by atoms with van der Waals surface area (Å²) in [5, 5.41) is 0. The molecule has 0 rings (SSSR count). The second-order valence-electron chi connectivity index (χ2n) is 3.59. The molecule has 2 N–H and O–H groups in total. The van der Waals surface area contributed by atoms with Gasteiger partial charge in [-0.15, -0.1) is 0 Å². The maximum absolute atomic E-state index is 7.17. The molecule has 9 heavy (non-hydrogen) atoms. The smallest absolute Gasteiger partial charge is 0.119 e. The highest BCUT2D eigenvalue weighted by atomic mass is 14.7. The Morgan fingerprint density at radius 2 is 1.56 bits per heavy atom. The van der Waals surface area contributed by atoms with Crippen molar-refractivity contribution in [2.45, 2.75) is 40.2 Å². The van der Waals surface area contributed by atoms with Crippen molar-refractivity contribution in [1.29, 1.82) is 0 Å². The maximum Gasteiger partial charge on any atom is 0.119 e. The number of nitrogens with two attached hydrogens (primary N) is 1. The van der Waals surface area contributed by atoms with Crippen molar-refractivity contribution in [2.24, 2.45) is 17.6 Å². The Morgan fingerprint density at radius 3 is 1.56 bits per heavy atom. The van der Waals surface area contributed by atoms with Gasteiger partial charge in [-0.3, -0.25) is 0 Å². The Bertz CT molecular complexity index is 91.4. The van der Waals surface area contributed by atoms with Crippen LogP contribution in [0.4, 0.5) is 0 Å². The standard InChI is InChI=1S/C8H19N/c1-6(2)8(5,9)7(3)4/h6-7H,9H2,1-5H3/i/hD. The minimum absolute atomic E-state index is 0.0417. The molecule has 0 saturated carbocycles. The molecule has 0 fully saturated rings. The third-order valence-electron chi connectivity index (χ3n) is 2.40. The van der Waals surface area contributed by atoms with Gasteiger partial charge in [0.1, 0.15) is 1.41 Å². The minimum atomic E-state index is -0.0417.